The first kappa shape index (κ1) is 14.1. The van der Waals surface area contributed by atoms with Gasteiger partial charge in [0.1, 0.15) is 0 Å². The van der Waals surface area contributed by atoms with Gasteiger partial charge in [0.15, 0.2) is 0 Å². The van der Waals surface area contributed by atoms with E-state index < -0.39 is 5.54 Å². The third kappa shape index (κ3) is 2.77. The number of carbonyl (C=O) groups is 1. The number of aliphatic hydroxyl groups is 1. The molecule has 1 amide bonds. The Bertz CT molecular complexity index is 483. The molecule has 1 unspecified atom stereocenters. The third-order valence-electron chi connectivity index (χ3n) is 4.68. The summed E-state index contributed by atoms with van der Waals surface area (Å²) in [6.07, 6.45) is 8.22. The van der Waals surface area contributed by atoms with Crippen molar-refractivity contribution in [2.24, 2.45) is 5.92 Å². The van der Waals surface area contributed by atoms with Crippen molar-refractivity contribution in [1.29, 1.82) is 0 Å². The lowest BCUT2D eigenvalue weighted by atomic mass is 9.97. The Morgan fingerprint density at radius 1 is 1.40 bits per heavy atom. The number of hydrogen-bond acceptors (Lipinski definition) is 3. The fraction of sp³-hybridized carbons (Fsp3) is 0.688. The van der Waals surface area contributed by atoms with E-state index in [4.69, 9.17) is 0 Å². The Morgan fingerprint density at radius 2 is 2.15 bits per heavy atom. The third-order valence-corrected chi connectivity index (χ3v) is 5.91. The van der Waals surface area contributed by atoms with E-state index in [0.29, 0.717) is 5.92 Å². The summed E-state index contributed by atoms with van der Waals surface area (Å²) in [5.41, 5.74) is 0.924. The number of amides is 1. The van der Waals surface area contributed by atoms with Crippen LogP contribution in [0.2, 0.25) is 0 Å². The van der Waals surface area contributed by atoms with E-state index in [2.05, 4.69) is 11.4 Å². The molecule has 0 aliphatic heterocycles. The number of fused-ring (bicyclic) bond motifs is 1. The molecule has 0 radical (unpaired) electrons. The molecule has 0 aromatic carbocycles. The zero-order valence-corrected chi connectivity index (χ0v) is 12.9. The molecule has 2 aliphatic rings. The normalized spacial score (nSPS) is 21.7. The molecule has 3 nitrogen and oxygen atoms in total. The van der Waals surface area contributed by atoms with E-state index in [1.165, 1.54) is 29.7 Å². The van der Waals surface area contributed by atoms with Crippen LogP contribution in [0.25, 0.3) is 0 Å². The molecule has 1 fully saturated rings. The monoisotopic (exact) mass is 293 g/mol. The van der Waals surface area contributed by atoms with E-state index >= 15 is 0 Å². The maximum absolute atomic E-state index is 12.4. The van der Waals surface area contributed by atoms with Gasteiger partial charge in [0, 0.05) is 4.88 Å². The average molecular weight is 293 g/mol. The number of carbonyl (C=O) groups excluding carboxylic acids is 1. The molecule has 1 heterocycles. The molecule has 110 valence electrons. The van der Waals surface area contributed by atoms with Crippen molar-refractivity contribution in [2.75, 3.05) is 6.61 Å². The van der Waals surface area contributed by atoms with Crippen molar-refractivity contribution >= 4 is 17.2 Å². The van der Waals surface area contributed by atoms with Gasteiger partial charge in [0.05, 0.1) is 17.0 Å². The molecule has 2 aliphatic carbocycles. The van der Waals surface area contributed by atoms with E-state index in [1.54, 1.807) is 11.3 Å². The number of hydrogen-bond donors (Lipinski definition) is 2. The van der Waals surface area contributed by atoms with Gasteiger partial charge < -0.3 is 10.4 Å². The Hall–Kier alpha value is -0.870. The minimum Gasteiger partial charge on any atom is -0.394 e. The molecular weight excluding hydrogens is 270 g/mol. The van der Waals surface area contributed by atoms with Crippen LogP contribution in [0.15, 0.2) is 6.07 Å². The van der Waals surface area contributed by atoms with Crippen LogP contribution in [0.1, 0.15) is 59.1 Å². The molecule has 1 aromatic heterocycles. The lowest BCUT2D eigenvalue weighted by Gasteiger charge is -2.28. The first-order valence-electron chi connectivity index (χ1n) is 7.67. The van der Waals surface area contributed by atoms with Gasteiger partial charge in [0.2, 0.25) is 0 Å². The highest BCUT2D eigenvalue weighted by molar-refractivity contribution is 7.14. The number of nitrogens with one attached hydrogen (secondary N) is 1. The quantitative estimate of drug-likeness (QED) is 0.839. The van der Waals surface area contributed by atoms with Crippen LogP contribution in [0, 0.1) is 5.92 Å². The summed E-state index contributed by atoms with van der Waals surface area (Å²) in [5.74, 6) is 0.431. The van der Waals surface area contributed by atoms with Crippen LogP contribution in [-0.2, 0) is 12.8 Å². The minimum absolute atomic E-state index is 0.00785. The first-order valence-corrected chi connectivity index (χ1v) is 8.49. The topological polar surface area (TPSA) is 49.3 Å². The van der Waals surface area contributed by atoms with Gasteiger partial charge in [-0.05, 0) is 63.0 Å². The second-order valence-corrected chi connectivity index (χ2v) is 7.56. The van der Waals surface area contributed by atoms with Crippen LogP contribution < -0.4 is 5.32 Å². The lowest BCUT2D eigenvalue weighted by Crippen LogP contribution is -2.50. The summed E-state index contributed by atoms with van der Waals surface area (Å²) in [6, 6.07) is 2.07. The number of thiophene rings is 1. The lowest BCUT2D eigenvalue weighted by molar-refractivity contribution is 0.0828. The smallest absolute Gasteiger partial charge is 0.261 e. The molecule has 1 aromatic rings. The SMILES string of the molecule is CC(CO)(NC(=O)c1cc2c(s1)CCCCC2)C1CC1. The van der Waals surface area contributed by atoms with Gasteiger partial charge in [-0.15, -0.1) is 11.3 Å². The van der Waals surface area contributed by atoms with Crippen LogP contribution >= 0.6 is 11.3 Å². The second-order valence-electron chi connectivity index (χ2n) is 6.42. The summed E-state index contributed by atoms with van der Waals surface area (Å²) < 4.78 is 0. The van der Waals surface area contributed by atoms with E-state index in [-0.39, 0.29) is 12.5 Å². The molecule has 0 saturated heterocycles. The molecular formula is C16H23NO2S. The molecule has 1 atom stereocenters. The Kier molecular flexibility index (Phi) is 3.87. The predicted molar refractivity (Wildman–Crippen MR) is 81.3 cm³/mol. The fourth-order valence-electron chi connectivity index (χ4n) is 3.09. The number of aliphatic hydroxyl groups excluding tert-OH is 1. The van der Waals surface area contributed by atoms with E-state index in [9.17, 15) is 9.90 Å². The van der Waals surface area contributed by atoms with Crippen LogP contribution in [-0.4, -0.2) is 23.2 Å². The highest BCUT2D eigenvalue weighted by atomic mass is 32.1. The standard InChI is InChI=1S/C16H23NO2S/c1-16(10-18,12-7-8-12)17-15(19)14-9-11-5-3-2-4-6-13(11)20-14/h9,12,18H,2-8,10H2,1H3,(H,17,19). The van der Waals surface area contributed by atoms with Crippen LogP contribution in [0.4, 0.5) is 0 Å². The fourth-order valence-corrected chi connectivity index (χ4v) is 4.24. The first-order chi connectivity index (χ1) is 9.62. The van der Waals surface area contributed by atoms with Gasteiger partial charge >= 0.3 is 0 Å². The van der Waals surface area contributed by atoms with Crippen molar-refractivity contribution in [3.05, 3.63) is 21.4 Å². The summed E-state index contributed by atoms with van der Waals surface area (Å²) >= 11 is 1.65. The largest absolute Gasteiger partial charge is 0.394 e. The summed E-state index contributed by atoms with van der Waals surface area (Å²) in [5, 5.41) is 12.6. The Labute approximate surface area is 124 Å². The van der Waals surface area contributed by atoms with Gasteiger partial charge in [0.25, 0.3) is 5.91 Å². The molecule has 0 spiro atoms. The van der Waals surface area contributed by atoms with Crippen molar-refractivity contribution < 1.29 is 9.90 Å². The van der Waals surface area contributed by atoms with Crippen LogP contribution in [0.5, 0.6) is 0 Å². The average Bonchev–Trinajstić information content (AvgIpc) is 3.24. The maximum atomic E-state index is 12.4. The molecule has 20 heavy (non-hydrogen) atoms. The second kappa shape index (κ2) is 5.49. The Morgan fingerprint density at radius 3 is 2.85 bits per heavy atom. The highest BCUT2D eigenvalue weighted by Crippen LogP contribution is 2.39. The van der Waals surface area contributed by atoms with Gasteiger partial charge in [-0.2, -0.15) is 0 Å². The van der Waals surface area contributed by atoms with E-state index in [1.807, 2.05) is 6.92 Å². The van der Waals surface area contributed by atoms with Gasteiger partial charge in [-0.3, -0.25) is 4.79 Å². The maximum Gasteiger partial charge on any atom is 0.261 e. The molecule has 3 rings (SSSR count). The van der Waals surface area contributed by atoms with Crippen molar-refractivity contribution in [3.8, 4) is 0 Å². The van der Waals surface area contributed by atoms with Crippen molar-refractivity contribution in [2.45, 2.75) is 57.4 Å². The number of rotatable bonds is 4. The summed E-state index contributed by atoms with van der Waals surface area (Å²) in [7, 11) is 0. The zero-order chi connectivity index (χ0) is 14.2. The highest BCUT2D eigenvalue weighted by Gasteiger charge is 2.42. The van der Waals surface area contributed by atoms with E-state index in [0.717, 1.165) is 30.6 Å². The summed E-state index contributed by atoms with van der Waals surface area (Å²) in [4.78, 5) is 14.7. The zero-order valence-electron chi connectivity index (χ0n) is 12.1. The minimum atomic E-state index is -0.446. The molecule has 0 bridgehead atoms. The molecule has 2 N–H and O–H groups in total. The van der Waals surface area contributed by atoms with Gasteiger partial charge in [-0.25, -0.2) is 0 Å². The number of aryl methyl sites for hydroxylation is 2. The molecule has 4 heteroatoms. The van der Waals surface area contributed by atoms with Gasteiger partial charge in [-0.1, -0.05) is 6.42 Å². The molecule has 1 saturated carbocycles. The van der Waals surface area contributed by atoms with Crippen LogP contribution in [0.3, 0.4) is 0 Å². The summed E-state index contributed by atoms with van der Waals surface area (Å²) in [6.45, 7) is 1.98. The van der Waals surface area contributed by atoms with Crippen molar-refractivity contribution in [3.63, 3.8) is 0 Å². The predicted octanol–water partition coefficient (Wildman–Crippen LogP) is 2.91. The Balaban J connectivity index is 1.74. The van der Waals surface area contributed by atoms with Crippen molar-refractivity contribution in [1.82, 2.24) is 5.32 Å².